The van der Waals surface area contributed by atoms with E-state index in [9.17, 15) is 28.8 Å². The van der Waals surface area contributed by atoms with Gasteiger partial charge < -0.3 is 29.6 Å². The van der Waals surface area contributed by atoms with E-state index in [1.54, 1.807) is 102 Å². The summed E-state index contributed by atoms with van der Waals surface area (Å²) in [6, 6.07) is 14.8. The van der Waals surface area contributed by atoms with E-state index in [-0.39, 0.29) is 19.6 Å². The van der Waals surface area contributed by atoms with Gasteiger partial charge in [0.05, 0.1) is 12.8 Å². The molecule has 2 atom stereocenters. The Morgan fingerprint density at radius 1 is 0.596 bits per heavy atom. The molecule has 0 aliphatic rings. The highest BCUT2D eigenvalue weighted by Gasteiger charge is 2.32. The predicted octanol–water partition coefficient (Wildman–Crippen LogP) is 4.43. The molecule has 2 aromatic carbocycles. The standard InChI is InChI=1S/C33H42N2O12/c1-32(2,3)44-29(39)25(35-31(41)45-33(4,5)6)19-27(37)47-46-26(36)18-17-24(28(38)42-20-22-13-9-7-10-14-22)34-30(40)43-21-23-15-11-8-12-16-23/h7-16,24-25H,17-21H2,1-6H3,(H,34,40)(H,35,41)/t24-,25-/m0/s1. The van der Waals surface area contributed by atoms with E-state index in [0.717, 1.165) is 0 Å². The van der Waals surface area contributed by atoms with E-state index in [0.29, 0.717) is 11.1 Å². The van der Waals surface area contributed by atoms with Gasteiger partial charge in [0.2, 0.25) is 0 Å². The summed E-state index contributed by atoms with van der Waals surface area (Å²) in [5, 5.41) is 4.63. The fraction of sp³-hybridized carbons (Fsp3) is 0.455. The molecule has 0 aliphatic heterocycles. The van der Waals surface area contributed by atoms with Gasteiger partial charge in [0.15, 0.2) is 0 Å². The molecule has 256 valence electrons. The van der Waals surface area contributed by atoms with Gasteiger partial charge >= 0.3 is 36.1 Å². The SMILES string of the molecule is CC(C)(C)OC(=O)N[C@@H](CC(=O)OOC(=O)CC[C@H](NC(=O)OCc1ccccc1)C(=O)OCc1ccccc1)C(=O)OC(C)(C)C. The third kappa shape index (κ3) is 16.7. The number of rotatable bonds is 13. The van der Waals surface area contributed by atoms with Crippen LogP contribution >= 0.6 is 0 Å². The zero-order chi connectivity index (χ0) is 35.0. The van der Waals surface area contributed by atoms with Crippen LogP contribution in [-0.2, 0) is 61.1 Å². The van der Waals surface area contributed by atoms with E-state index in [1.165, 1.54) is 0 Å². The van der Waals surface area contributed by atoms with Crippen LogP contribution in [0.15, 0.2) is 60.7 Å². The average molecular weight is 659 g/mol. The van der Waals surface area contributed by atoms with Crippen molar-refractivity contribution in [1.29, 1.82) is 0 Å². The maximum Gasteiger partial charge on any atom is 0.408 e. The van der Waals surface area contributed by atoms with E-state index in [1.807, 2.05) is 0 Å². The first kappa shape index (κ1) is 38.0. The first-order valence-electron chi connectivity index (χ1n) is 14.8. The summed E-state index contributed by atoms with van der Waals surface area (Å²) in [4.78, 5) is 84.2. The van der Waals surface area contributed by atoms with Crippen LogP contribution in [0.1, 0.15) is 71.9 Å². The lowest BCUT2D eigenvalue weighted by Gasteiger charge is -2.25. The third-order valence-electron chi connectivity index (χ3n) is 5.63. The summed E-state index contributed by atoms with van der Waals surface area (Å²) < 4.78 is 20.9. The highest BCUT2D eigenvalue weighted by atomic mass is 17.2. The predicted molar refractivity (Wildman–Crippen MR) is 165 cm³/mol. The first-order chi connectivity index (χ1) is 22.0. The Morgan fingerprint density at radius 3 is 1.62 bits per heavy atom. The molecule has 14 heteroatoms. The Balaban J connectivity index is 1.96. The maximum atomic E-state index is 12.8. The van der Waals surface area contributed by atoms with Gasteiger partial charge in [0, 0.05) is 0 Å². The normalized spacial score (nSPS) is 12.4. The Hall–Kier alpha value is -5.14. The Bertz CT molecular complexity index is 1350. The largest absolute Gasteiger partial charge is 0.459 e. The number of carbonyl (C=O) groups excluding carboxylic acids is 6. The Morgan fingerprint density at radius 2 is 1.09 bits per heavy atom. The number of carbonyl (C=O) groups is 6. The van der Waals surface area contributed by atoms with Crippen molar-refractivity contribution in [3.8, 4) is 0 Å². The van der Waals surface area contributed by atoms with E-state index < -0.39 is 72.2 Å². The van der Waals surface area contributed by atoms with Crippen molar-refractivity contribution in [3.63, 3.8) is 0 Å². The van der Waals surface area contributed by atoms with E-state index in [2.05, 4.69) is 20.4 Å². The number of hydrogen-bond donors (Lipinski definition) is 2. The minimum Gasteiger partial charge on any atom is -0.459 e. The highest BCUT2D eigenvalue weighted by Crippen LogP contribution is 2.13. The first-order valence-corrected chi connectivity index (χ1v) is 14.8. The molecule has 14 nitrogen and oxygen atoms in total. The summed E-state index contributed by atoms with van der Waals surface area (Å²) in [7, 11) is 0. The van der Waals surface area contributed by atoms with Crippen molar-refractivity contribution >= 4 is 36.1 Å². The lowest BCUT2D eigenvalue weighted by Crippen LogP contribution is -2.47. The summed E-state index contributed by atoms with van der Waals surface area (Å²) >= 11 is 0. The summed E-state index contributed by atoms with van der Waals surface area (Å²) in [5.74, 6) is -4.06. The fourth-order valence-electron chi connectivity index (χ4n) is 3.60. The number of amides is 2. The Kier molecular flexibility index (Phi) is 14.7. The second kappa shape index (κ2) is 18.1. The second-order valence-electron chi connectivity index (χ2n) is 12.2. The number of hydrogen-bond acceptors (Lipinski definition) is 12. The second-order valence-corrected chi connectivity index (χ2v) is 12.2. The van der Waals surface area contributed by atoms with Gasteiger partial charge in [-0.05, 0) is 59.1 Å². The highest BCUT2D eigenvalue weighted by molar-refractivity contribution is 5.86. The van der Waals surface area contributed by atoms with E-state index in [4.69, 9.17) is 18.9 Å². The molecule has 0 saturated heterocycles. The number of esters is 2. The van der Waals surface area contributed by atoms with Gasteiger partial charge in [0.1, 0.15) is 36.5 Å². The quantitative estimate of drug-likeness (QED) is 0.134. The number of benzene rings is 2. The Labute approximate surface area is 273 Å². The van der Waals surface area contributed by atoms with Crippen LogP contribution in [-0.4, -0.2) is 59.3 Å². The lowest BCUT2D eigenvalue weighted by molar-refractivity contribution is -0.259. The van der Waals surface area contributed by atoms with Crippen molar-refractivity contribution in [2.24, 2.45) is 0 Å². The van der Waals surface area contributed by atoms with Crippen LogP contribution in [0.5, 0.6) is 0 Å². The van der Waals surface area contributed by atoms with Crippen molar-refractivity contribution < 1.29 is 57.5 Å². The molecule has 2 aromatic rings. The van der Waals surface area contributed by atoms with Gasteiger partial charge in [-0.1, -0.05) is 60.7 Å². The number of alkyl carbamates (subject to hydrolysis) is 2. The molecule has 2 rings (SSSR count). The van der Waals surface area contributed by atoms with Crippen LogP contribution < -0.4 is 10.6 Å². The van der Waals surface area contributed by atoms with Gasteiger partial charge in [0.25, 0.3) is 0 Å². The third-order valence-corrected chi connectivity index (χ3v) is 5.63. The van der Waals surface area contributed by atoms with Gasteiger partial charge in [-0.3, -0.25) is 0 Å². The van der Waals surface area contributed by atoms with Gasteiger partial charge in [-0.2, -0.15) is 0 Å². The molecule has 0 saturated carbocycles. The summed E-state index contributed by atoms with van der Waals surface area (Å²) in [6.07, 6.45) is -3.47. The zero-order valence-corrected chi connectivity index (χ0v) is 27.4. The topological polar surface area (TPSA) is 182 Å². The molecule has 2 amide bonds. The number of ether oxygens (including phenoxy) is 4. The minimum atomic E-state index is -1.52. The van der Waals surface area contributed by atoms with Crippen molar-refractivity contribution in [3.05, 3.63) is 71.8 Å². The van der Waals surface area contributed by atoms with E-state index >= 15 is 0 Å². The average Bonchev–Trinajstić information content (AvgIpc) is 2.98. The van der Waals surface area contributed by atoms with Crippen molar-refractivity contribution in [2.45, 2.75) is 97.3 Å². The van der Waals surface area contributed by atoms with Crippen LogP contribution in [0, 0.1) is 0 Å². The van der Waals surface area contributed by atoms with Crippen LogP contribution in [0.2, 0.25) is 0 Å². The number of nitrogens with one attached hydrogen (secondary N) is 2. The fourth-order valence-corrected chi connectivity index (χ4v) is 3.60. The molecule has 0 aliphatic carbocycles. The molecule has 0 bridgehead atoms. The minimum absolute atomic E-state index is 0.0659. The molecule has 0 fully saturated rings. The molecule has 0 aromatic heterocycles. The lowest BCUT2D eigenvalue weighted by atomic mass is 10.1. The van der Waals surface area contributed by atoms with Gasteiger partial charge in [-0.25, -0.2) is 38.5 Å². The molecular weight excluding hydrogens is 616 g/mol. The molecule has 2 N–H and O–H groups in total. The summed E-state index contributed by atoms with van der Waals surface area (Å²) in [6.45, 7) is 9.46. The molecule has 0 spiro atoms. The van der Waals surface area contributed by atoms with Crippen LogP contribution in [0.25, 0.3) is 0 Å². The molecule has 0 unspecified atom stereocenters. The monoisotopic (exact) mass is 658 g/mol. The maximum absolute atomic E-state index is 12.8. The van der Waals surface area contributed by atoms with Crippen LogP contribution in [0.3, 0.4) is 0 Å². The van der Waals surface area contributed by atoms with Crippen molar-refractivity contribution in [2.75, 3.05) is 0 Å². The zero-order valence-electron chi connectivity index (χ0n) is 27.4. The molecule has 47 heavy (non-hydrogen) atoms. The molecular formula is C33H42N2O12. The van der Waals surface area contributed by atoms with Gasteiger partial charge in [-0.15, -0.1) is 0 Å². The molecule has 0 heterocycles. The molecule has 0 radical (unpaired) electrons. The smallest absolute Gasteiger partial charge is 0.408 e. The van der Waals surface area contributed by atoms with Crippen molar-refractivity contribution in [1.82, 2.24) is 10.6 Å². The summed E-state index contributed by atoms with van der Waals surface area (Å²) in [5.41, 5.74) is -0.421. The van der Waals surface area contributed by atoms with Crippen LogP contribution in [0.4, 0.5) is 9.59 Å².